The van der Waals surface area contributed by atoms with Crippen molar-refractivity contribution in [3.8, 4) is 5.75 Å². The Morgan fingerprint density at radius 1 is 1.07 bits per heavy atom. The fourth-order valence-electron chi connectivity index (χ4n) is 2.76. The third-order valence-corrected chi connectivity index (χ3v) is 5.22. The monoisotopic (exact) mass is 424 g/mol. The van der Waals surface area contributed by atoms with Gasteiger partial charge in [-0.05, 0) is 35.7 Å². The third-order valence-electron chi connectivity index (χ3n) is 4.34. The molecule has 2 aromatic carbocycles. The van der Waals surface area contributed by atoms with Crippen LogP contribution in [0.25, 0.3) is 0 Å². The largest absolute Gasteiger partial charge is 0.482 e. The summed E-state index contributed by atoms with van der Waals surface area (Å²) in [6.45, 7) is 5.56. The standard InChI is InChI=1S/C23H24N2O4S/c1-16(2)18-9-11-21(12-10-18)28-14-22(27)29-13-19-15-30-23(24-19)25(17(3)26)20-7-5-4-6-8-20/h4-12,15-16H,13-14H2,1-3H3. The van der Waals surface area contributed by atoms with Gasteiger partial charge in [0.2, 0.25) is 5.91 Å². The van der Waals surface area contributed by atoms with Crippen LogP contribution in [0.3, 0.4) is 0 Å². The van der Waals surface area contributed by atoms with Crippen molar-refractivity contribution in [3.05, 3.63) is 71.2 Å². The highest BCUT2D eigenvalue weighted by Gasteiger charge is 2.18. The number of benzene rings is 2. The van der Waals surface area contributed by atoms with Crippen molar-refractivity contribution < 1.29 is 19.1 Å². The van der Waals surface area contributed by atoms with E-state index in [-0.39, 0.29) is 19.1 Å². The number of carbonyl (C=O) groups excluding carboxylic acids is 2. The normalized spacial score (nSPS) is 10.7. The minimum Gasteiger partial charge on any atom is -0.482 e. The highest BCUT2D eigenvalue weighted by molar-refractivity contribution is 7.14. The molecule has 0 radical (unpaired) electrons. The maximum atomic E-state index is 12.1. The number of aromatic nitrogens is 1. The van der Waals surface area contributed by atoms with Gasteiger partial charge in [0.1, 0.15) is 12.4 Å². The summed E-state index contributed by atoms with van der Waals surface area (Å²) >= 11 is 1.32. The molecule has 0 unspecified atom stereocenters. The molecule has 0 aliphatic carbocycles. The van der Waals surface area contributed by atoms with E-state index in [1.54, 1.807) is 5.38 Å². The molecule has 3 aromatic rings. The number of hydrogen-bond donors (Lipinski definition) is 0. The zero-order chi connectivity index (χ0) is 21.5. The molecule has 0 aliphatic heterocycles. The second kappa shape index (κ2) is 10.0. The van der Waals surface area contributed by atoms with Crippen LogP contribution in [0.1, 0.15) is 37.9 Å². The molecule has 3 rings (SSSR count). The first-order valence-corrected chi connectivity index (χ1v) is 10.5. The maximum Gasteiger partial charge on any atom is 0.344 e. The average Bonchev–Trinajstić information content (AvgIpc) is 3.20. The number of para-hydroxylation sites is 1. The molecule has 1 heterocycles. The lowest BCUT2D eigenvalue weighted by Gasteiger charge is -2.17. The fraction of sp³-hybridized carbons (Fsp3) is 0.261. The molecule has 0 spiro atoms. The van der Waals surface area contributed by atoms with Crippen LogP contribution >= 0.6 is 11.3 Å². The number of ether oxygens (including phenoxy) is 2. The van der Waals surface area contributed by atoms with Gasteiger partial charge in [-0.2, -0.15) is 0 Å². The fourth-order valence-corrected chi connectivity index (χ4v) is 3.63. The highest BCUT2D eigenvalue weighted by Crippen LogP contribution is 2.28. The molecule has 0 N–H and O–H groups in total. The van der Waals surface area contributed by atoms with Gasteiger partial charge in [0.05, 0.1) is 11.4 Å². The van der Waals surface area contributed by atoms with Gasteiger partial charge in [0.15, 0.2) is 11.7 Å². The molecule has 0 fully saturated rings. The van der Waals surface area contributed by atoms with E-state index in [4.69, 9.17) is 9.47 Å². The average molecular weight is 425 g/mol. The summed E-state index contributed by atoms with van der Waals surface area (Å²) in [6, 6.07) is 16.9. The van der Waals surface area contributed by atoms with Crippen molar-refractivity contribution in [2.45, 2.75) is 33.3 Å². The predicted molar refractivity (Wildman–Crippen MR) is 117 cm³/mol. The molecule has 1 amide bonds. The number of esters is 1. The van der Waals surface area contributed by atoms with Gasteiger partial charge in [-0.1, -0.05) is 44.2 Å². The molecule has 0 atom stereocenters. The number of anilines is 2. The molecular weight excluding hydrogens is 400 g/mol. The van der Waals surface area contributed by atoms with Gasteiger partial charge in [-0.25, -0.2) is 9.78 Å². The van der Waals surface area contributed by atoms with E-state index in [0.29, 0.717) is 22.5 Å². The summed E-state index contributed by atoms with van der Waals surface area (Å²) in [5.41, 5.74) is 2.52. The number of amides is 1. The minimum atomic E-state index is -0.482. The Hall–Kier alpha value is -3.19. The van der Waals surface area contributed by atoms with Crippen molar-refractivity contribution in [1.82, 2.24) is 4.98 Å². The maximum absolute atomic E-state index is 12.1. The van der Waals surface area contributed by atoms with E-state index in [1.165, 1.54) is 28.7 Å². The van der Waals surface area contributed by atoms with Gasteiger partial charge in [-0.3, -0.25) is 9.69 Å². The lowest BCUT2D eigenvalue weighted by molar-refractivity contribution is -0.147. The summed E-state index contributed by atoms with van der Waals surface area (Å²) in [5, 5.41) is 2.30. The summed E-state index contributed by atoms with van der Waals surface area (Å²) in [5.74, 6) is 0.431. The topological polar surface area (TPSA) is 68.7 Å². The van der Waals surface area contributed by atoms with Crippen LogP contribution < -0.4 is 9.64 Å². The van der Waals surface area contributed by atoms with E-state index in [2.05, 4.69) is 18.8 Å². The lowest BCUT2D eigenvalue weighted by Crippen LogP contribution is -2.22. The van der Waals surface area contributed by atoms with Crippen LogP contribution in [0.5, 0.6) is 5.75 Å². The summed E-state index contributed by atoms with van der Waals surface area (Å²) in [4.78, 5) is 30.0. The Morgan fingerprint density at radius 3 is 2.40 bits per heavy atom. The van der Waals surface area contributed by atoms with Crippen LogP contribution in [0.4, 0.5) is 10.8 Å². The Kier molecular flexibility index (Phi) is 7.19. The Balaban J connectivity index is 1.53. The van der Waals surface area contributed by atoms with Crippen molar-refractivity contribution >= 4 is 34.0 Å². The number of thiazole rings is 1. The van der Waals surface area contributed by atoms with Crippen molar-refractivity contribution in [2.24, 2.45) is 0 Å². The number of nitrogens with zero attached hydrogens (tertiary/aromatic N) is 2. The number of hydrogen-bond acceptors (Lipinski definition) is 6. The number of rotatable bonds is 8. The van der Waals surface area contributed by atoms with Gasteiger partial charge < -0.3 is 9.47 Å². The second-order valence-electron chi connectivity index (χ2n) is 6.98. The van der Waals surface area contributed by atoms with Crippen LogP contribution in [0, 0.1) is 0 Å². The number of carbonyl (C=O) groups is 2. The van der Waals surface area contributed by atoms with Crippen molar-refractivity contribution in [3.63, 3.8) is 0 Å². The third kappa shape index (κ3) is 5.67. The second-order valence-corrected chi connectivity index (χ2v) is 7.82. The quantitative estimate of drug-likeness (QED) is 0.472. The molecule has 0 saturated carbocycles. The van der Waals surface area contributed by atoms with E-state index in [9.17, 15) is 9.59 Å². The molecular formula is C23H24N2O4S. The molecule has 0 saturated heterocycles. The molecule has 0 bridgehead atoms. The summed E-state index contributed by atoms with van der Waals surface area (Å²) < 4.78 is 10.7. The first kappa shape index (κ1) is 21.5. The van der Waals surface area contributed by atoms with Crippen LogP contribution in [-0.4, -0.2) is 23.5 Å². The smallest absolute Gasteiger partial charge is 0.344 e. The summed E-state index contributed by atoms with van der Waals surface area (Å²) in [7, 11) is 0. The molecule has 156 valence electrons. The molecule has 30 heavy (non-hydrogen) atoms. The highest BCUT2D eigenvalue weighted by atomic mass is 32.1. The van der Waals surface area contributed by atoms with Crippen LogP contribution in [0.2, 0.25) is 0 Å². The van der Waals surface area contributed by atoms with Crippen LogP contribution in [-0.2, 0) is 20.9 Å². The Labute approximate surface area is 180 Å². The Bertz CT molecular complexity index is 984. The van der Waals surface area contributed by atoms with Crippen molar-refractivity contribution in [1.29, 1.82) is 0 Å². The van der Waals surface area contributed by atoms with Gasteiger partial charge in [0.25, 0.3) is 0 Å². The Morgan fingerprint density at radius 2 is 1.77 bits per heavy atom. The first-order valence-electron chi connectivity index (χ1n) is 9.62. The van der Waals surface area contributed by atoms with Gasteiger partial charge in [0, 0.05) is 12.3 Å². The molecule has 1 aromatic heterocycles. The van der Waals surface area contributed by atoms with Crippen LogP contribution in [0.15, 0.2) is 60.0 Å². The van der Waals surface area contributed by atoms with Gasteiger partial charge >= 0.3 is 5.97 Å². The first-order chi connectivity index (χ1) is 14.4. The zero-order valence-corrected chi connectivity index (χ0v) is 18.0. The molecule has 6 nitrogen and oxygen atoms in total. The SMILES string of the molecule is CC(=O)N(c1ccccc1)c1nc(COC(=O)COc2ccc(C(C)C)cc2)cs1. The van der Waals surface area contributed by atoms with E-state index < -0.39 is 5.97 Å². The zero-order valence-electron chi connectivity index (χ0n) is 17.2. The predicted octanol–water partition coefficient (Wildman–Crippen LogP) is 5.07. The van der Waals surface area contributed by atoms with Crippen molar-refractivity contribution in [2.75, 3.05) is 11.5 Å². The van der Waals surface area contributed by atoms with E-state index >= 15 is 0 Å². The van der Waals surface area contributed by atoms with E-state index in [1.807, 2.05) is 54.6 Å². The van der Waals surface area contributed by atoms with E-state index in [0.717, 1.165) is 5.69 Å². The molecule has 7 heteroatoms. The molecule has 0 aliphatic rings. The van der Waals surface area contributed by atoms with Gasteiger partial charge in [-0.15, -0.1) is 11.3 Å². The lowest BCUT2D eigenvalue weighted by atomic mass is 10.0. The minimum absolute atomic E-state index is 0.0194. The summed E-state index contributed by atoms with van der Waals surface area (Å²) in [6.07, 6.45) is 0.